The van der Waals surface area contributed by atoms with E-state index in [-0.39, 0.29) is 5.54 Å². The van der Waals surface area contributed by atoms with E-state index in [1.54, 1.807) is 0 Å². The van der Waals surface area contributed by atoms with Crippen LogP contribution in [0.5, 0.6) is 0 Å². The third kappa shape index (κ3) is 4.06. The maximum atomic E-state index is 9.41. The van der Waals surface area contributed by atoms with Crippen molar-refractivity contribution in [3.63, 3.8) is 0 Å². The summed E-state index contributed by atoms with van der Waals surface area (Å²) in [6.07, 6.45) is 4.27. The Morgan fingerprint density at radius 2 is 1.89 bits per heavy atom. The first-order chi connectivity index (χ1) is 13.1. The van der Waals surface area contributed by atoms with Crippen molar-refractivity contribution in [2.45, 2.75) is 63.1 Å². The van der Waals surface area contributed by atoms with Gasteiger partial charge in [-0.1, -0.05) is 30.3 Å². The van der Waals surface area contributed by atoms with Crippen molar-refractivity contribution < 1.29 is 0 Å². The summed E-state index contributed by atoms with van der Waals surface area (Å²) < 4.78 is 0. The summed E-state index contributed by atoms with van der Waals surface area (Å²) in [4.78, 5) is 5.19. The minimum Gasteiger partial charge on any atom is -0.313 e. The maximum absolute atomic E-state index is 9.41. The van der Waals surface area contributed by atoms with Gasteiger partial charge in [-0.3, -0.25) is 4.90 Å². The van der Waals surface area contributed by atoms with Gasteiger partial charge in [0.05, 0.1) is 12.5 Å². The molecule has 1 aromatic rings. The lowest BCUT2D eigenvalue weighted by Gasteiger charge is -2.55. The SMILES string of the molecule is CC(C)N1CCC(CC#N)(N2CC(CN[C@@H]3C[C@H]3c3ccccc3)C2)CC1. The molecular weight excluding hydrogens is 332 g/mol. The molecule has 0 bridgehead atoms. The molecule has 0 amide bonds. The number of likely N-dealkylation sites (tertiary alicyclic amines) is 2. The second-order valence-electron chi connectivity index (χ2n) is 9.23. The molecule has 2 aliphatic heterocycles. The van der Waals surface area contributed by atoms with Crippen LogP contribution < -0.4 is 5.32 Å². The van der Waals surface area contributed by atoms with E-state index in [1.165, 1.54) is 25.1 Å². The Balaban J connectivity index is 1.22. The van der Waals surface area contributed by atoms with Gasteiger partial charge >= 0.3 is 0 Å². The maximum Gasteiger partial charge on any atom is 0.0641 e. The monoisotopic (exact) mass is 366 g/mol. The molecule has 0 unspecified atom stereocenters. The molecule has 2 heterocycles. The third-order valence-corrected chi connectivity index (χ3v) is 7.18. The molecule has 2 saturated heterocycles. The first-order valence-corrected chi connectivity index (χ1v) is 10.8. The van der Waals surface area contributed by atoms with Crippen LogP contribution >= 0.6 is 0 Å². The van der Waals surface area contributed by atoms with Crippen LogP contribution in [0.1, 0.15) is 51.0 Å². The second kappa shape index (κ2) is 7.91. The lowest BCUT2D eigenvalue weighted by atomic mass is 9.78. The summed E-state index contributed by atoms with van der Waals surface area (Å²) in [6, 6.07) is 14.7. The molecular formula is C23H34N4. The topological polar surface area (TPSA) is 42.3 Å². The predicted molar refractivity (Wildman–Crippen MR) is 110 cm³/mol. The number of piperidine rings is 1. The molecule has 4 rings (SSSR count). The summed E-state index contributed by atoms with van der Waals surface area (Å²) in [5.41, 5.74) is 1.62. The van der Waals surface area contributed by atoms with Gasteiger partial charge in [0.2, 0.25) is 0 Å². The number of nitrogens with zero attached hydrogens (tertiary/aromatic N) is 3. The molecule has 4 heteroatoms. The highest BCUT2D eigenvalue weighted by Gasteiger charge is 2.46. The Labute approximate surface area is 164 Å². The van der Waals surface area contributed by atoms with Gasteiger partial charge in [0.15, 0.2) is 0 Å². The summed E-state index contributed by atoms with van der Waals surface area (Å²) in [7, 11) is 0. The number of hydrogen-bond donors (Lipinski definition) is 1. The smallest absolute Gasteiger partial charge is 0.0641 e. The largest absolute Gasteiger partial charge is 0.313 e. The van der Waals surface area contributed by atoms with Crippen molar-refractivity contribution in [1.29, 1.82) is 5.26 Å². The van der Waals surface area contributed by atoms with E-state index < -0.39 is 0 Å². The fourth-order valence-corrected chi connectivity index (χ4v) is 5.10. The van der Waals surface area contributed by atoms with Crippen LogP contribution in [0.15, 0.2) is 30.3 Å². The van der Waals surface area contributed by atoms with Crippen LogP contribution in [0, 0.1) is 17.2 Å². The Kier molecular flexibility index (Phi) is 5.55. The normalized spacial score (nSPS) is 28.7. The zero-order valence-electron chi connectivity index (χ0n) is 16.9. The van der Waals surface area contributed by atoms with Gasteiger partial charge in [0, 0.05) is 56.3 Å². The molecule has 2 atom stereocenters. The zero-order valence-corrected chi connectivity index (χ0v) is 16.9. The van der Waals surface area contributed by atoms with E-state index in [0.717, 1.165) is 38.4 Å². The molecule has 4 nitrogen and oxygen atoms in total. The van der Waals surface area contributed by atoms with E-state index >= 15 is 0 Å². The average Bonchev–Trinajstić information content (AvgIpc) is 3.41. The van der Waals surface area contributed by atoms with Gasteiger partial charge in [0.1, 0.15) is 0 Å². The Morgan fingerprint density at radius 1 is 1.19 bits per heavy atom. The molecule has 0 spiro atoms. The number of nitriles is 1. The minimum absolute atomic E-state index is 0.142. The molecule has 1 saturated carbocycles. The molecule has 27 heavy (non-hydrogen) atoms. The molecule has 1 aromatic carbocycles. The number of benzene rings is 1. The van der Waals surface area contributed by atoms with E-state index in [0.29, 0.717) is 24.4 Å². The van der Waals surface area contributed by atoms with Crippen molar-refractivity contribution in [1.82, 2.24) is 15.1 Å². The average molecular weight is 367 g/mol. The first-order valence-electron chi connectivity index (χ1n) is 10.8. The molecule has 146 valence electrons. The van der Waals surface area contributed by atoms with Gasteiger partial charge in [0.25, 0.3) is 0 Å². The third-order valence-electron chi connectivity index (χ3n) is 7.18. The molecule has 0 radical (unpaired) electrons. The van der Waals surface area contributed by atoms with Crippen LogP contribution in [-0.2, 0) is 0 Å². The lowest BCUT2D eigenvalue weighted by Crippen LogP contribution is -2.64. The van der Waals surface area contributed by atoms with E-state index in [9.17, 15) is 5.26 Å². The summed E-state index contributed by atoms with van der Waals surface area (Å²) in [5, 5.41) is 13.2. The number of rotatable bonds is 7. The van der Waals surface area contributed by atoms with Gasteiger partial charge in [-0.25, -0.2) is 0 Å². The van der Waals surface area contributed by atoms with E-state index in [2.05, 4.69) is 65.4 Å². The molecule has 0 aromatic heterocycles. The summed E-state index contributed by atoms with van der Waals surface area (Å²) in [6.45, 7) is 10.3. The van der Waals surface area contributed by atoms with Crippen molar-refractivity contribution in [2.75, 3.05) is 32.7 Å². The van der Waals surface area contributed by atoms with E-state index in [4.69, 9.17) is 0 Å². The lowest BCUT2D eigenvalue weighted by molar-refractivity contribution is -0.0522. The standard InChI is InChI=1S/C23H34N4/c1-18(2)26-12-9-23(8-11-24,10-13-26)27-16-19(17-27)15-25-22-14-21(22)20-6-4-3-5-7-20/h3-7,18-19,21-22,25H,8-10,12-17H2,1-2H3/t21-,22+/m0/s1. The van der Waals surface area contributed by atoms with Gasteiger partial charge in [-0.05, 0) is 44.6 Å². The highest BCUT2D eigenvalue weighted by molar-refractivity contribution is 5.27. The second-order valence-corrected chi connectivity index (χ2v) is 9.23. The van der Waals surface area contributed by atoms with Crippen molar-refractivity contribution >= 4 is 0 Å². The Hall–Kier alpha value is -1.41. The zero-order chi connectivity index (χ0) is 18.9. The summed E-state index contributed by atoms with van der Waals surface area (Å²) >= 11 is 0. The van der Waals surface area contributed by atoms with Gasteiger partial charge in [-0.2, -0.15) is 5.26 Å². The Morgan fingerprint density at radius 3 is 2.52 bits per heavy atom. The van der Waals surface area contributed by atoms with Gasteiger partial charge in [-0.15, -0.1) is 0 Å². The Bertz CT molecular complexity index is 651. The first kappa shape index (κ1) is 18.9. The fraction of sp³-hybridized carbons (Fsp3) is 0.696. The summed E-state index contributed by atoms with van der Waals surface area (Å²) in [5.74, 6) is 1.47. The van der Waals surface area contributed by atoms with Crippen LogP contribution in [0.2, 0.25) is 0 Å². The van der Waals surface area contributed by atoms with Crippen LogP contribution in [0.4, 0.5) is 0 Å². The van der Waals surface area contributed by atoms with Gasteiger partial charge < -0.3 is 10.2 Å². The quantitative estimate of drug-likeness (QED) is 0.805. The van der Waals surface area contributed by atoms with E-state index in [1.807, 2.05) is 0 Å². The van der Waals surface area contributed by atoms with Crippen LogP contribution in [0.3, 0.4) is 0 Å². The van der Waals surface area contributed by atoms with Crippen molar-refractivity contribution in [3.05, 3.63) is 35.9 Å². The minimum atomic E-state index is 0.142. The molecule has 1 aliphatic carbocycles. The predicted octanol–water partition coefficient (Wildman–Crippen LogP) is 3.22. The fourth-order valence-electron chi connectivity index (χ4n) is 5.10. The number of hydrogen-bond acceptors (Lipinski definition) is 4. The van der Waals surface area contributed by atoms with Crippen LogP contribution in [0.25, 0.3) is 0 Å². The molecule has 1 N–H and O–H groups in total. The highest BCUT2D eigenvalue weighted by Crippen LogP contribution is 2.41. The highest BCUT2D eigenvalue weighted by atomic mass is 15.3. The molecule has 3 aliphatic rings. The van der Waals surface area contributed by atoms with Crippen molar-refractivity contribution in [2.24, 2.45) is 5.92 Å². The van der Waals surface area contributed by atoms with Crippen LogP contribution in [-0.4, -0.2) is 60.1 Å². The number of nitrogens with one attached hydrogen (secondary N) is 1. The van der Waals surface area contributed by atoms with Crippen molar-refractivity contribution in [3.8, 4) is 6.07 Å². The molecule has 3 fully saturated rings.